The predicted octanol–water partition coefficient (Wildman–Crippen LogP) is 3.43. The van der Waals surface area contributed by atoms with Gasteiger partial charge in [0.2, 0.25) is 0 Å². The molecule has 92 valence electrons. The summed E-state index contributed by atoms with van der Waals surface area (Å²) < 4.78 is 5.61. The van der Waals surface area contributed by atoms with Gasteiger partial charge in [0.1, 0.15) is 5.52 Å². The molecule has 0 saturated carbocycles. The highest BCUT2D eigenvalue weighted by Crippen LogP contribution is 2.33. The number of hydrogen-bond donors (Lipinski definition) is 1. The second-order valence-electron chi connectivity index (χ2n) is 3.91. The number of nitriles is 1. The Morgan fingerprint density at radius 2 is 2.05 bits per heavy atom. The monoisotopic (exact) mass is 267 g/mol. The molecule has 0 atom stereocenters. The second kappa shape index (κ2) is 4.67. The number of anilines is 1. The Morgan fingerprint density at radius 3 is 2.84 bits per heavy atom. The van der Waals surface area contributed by atoms with Crippen molar-refractivity contribution >= 4 is 28.5 Å². The normalized spacial score (nSPS) is 10.5. The lowest BCUT2D eigenvalue weighted by molar-refractivity contribution is 0.489. The molecule has 5 heteroatoms. The van der Waals surface area contributed by atoms with Crippen LogP contribution in [0, 0.1) is 11.3 Å². The minimum Gasteiger partial charge on any atom is -0.431 e. The molecule has 2 N–H and O–H groups in total. The van der Waals surface area contributed by atoms with Gasteiger partial charge in [-0.15, -0.1) is 0 Å². The summed E-state index contributed by atoms with van der Waals surface area (Å²) in [6.07, 6.45) is 0. The van der Waals surface area contributed by atoms with E-state index in [2.05, 4.69) is 11.1 Å². The van der Waals surface area contributed by atoms with Crippen LogP contribution >= 0.6 is 11.8 Å². The molecular weight excluding hydrogens is 258 g/mol. The number of nitrogens with two attached hydrogens (primary N) is 1. The van der Waals surface area contributed by atoms with Crippen LogP contribution in [-0.2, 0) is 0 Å². The number of aromatic nitrogens is 1. The van der Waals surface area contributed by atoms with Gasteiger partial charge in [-0.05, 0) is 42.1 Å². The lowest BCUT2D eigenvalue weighted by atomic mass is 10.2. The van der Waals surface area contributed by atoms with Gasteiger partial charge in [0, 0.05) is 10.6 Å². The predicted molar refractivity (Wildman–Crippen MR) is 73.7 cm³/mol. The Hall–Kier alpha value is -2.45. The van der Waals surface area contributed by atoms with E-state index in [1.807, 2.05) is 24.3 Å². The molecule has 0 spiro atoms. The number of para-hydroxylation sites is 2. The van der Waals surface area contributed by atoms with Gasteiger partial charge in [0.15, 0.2) is 5.58 Å². The summed E-state index contributed by atoms with van der Waals surface area (Å²) in [4.78, 5) is 5.13. The average Bonchev–Trinajstić information content (AvgIpc) is 2.83. The Bertz CT molecular complexity index is 756. The van der Waals surface area contributed by atoms with Gasteiger partial charge in [-0.1, -0.05) is 12.1 Å². The van der Waals surface area contributed by atoms with Gasteiger partial charge in [-0.25, -0.2) is 4.98 Å². The van der Waals surface area contributed by atoms with E-state index < -0.39 is 0 Å². The fourth-order valence-electron chi connectivity index (χ4n) is 1.68. The summed E-state index contributed by atoms with van der Waals surface area (Å²) in [7, 11) is 0. The van der Waals surface area contributed by atoms with Gasteiger partial charge >= 0.3 is 0 Å². The van der Waals surface area contributed by atoms with Crippen LogP contribution in [0.3, 0.4) is 0 Å². The van der Waals surface area contributed by atoms with Crippen LogP contribution in [0.5, 0.6) is 0 Å². The molecule has 3 rings (SSSR count). The fourth-order valence-corrected chi connectivity index (χ4v) is 2.52. The Labute approximate surface area is 113 Å². The average molecular weight is 267 g/mol. The molecule has 0 unspecified atom stereocenters. The van der Waals surface area contributed by atoms with Crippen molar-refractivity contribution in [2.45, 2.75) is 10.1 Å². The van der Waals surface area contributed by atoms with E-state index in [0.29, 0.717) is 16.5 Å². The van der Waals surface area contributed by atoms with Crippen molar-refractivity contribution < 1.29 is 4.42 Å². The van der Waals surface area contributed by atoms with Gasteiger partial charge in [0.25, 0.3) is 5.22 Å². The fraction of sp³-hybridized carbons (Fsp3) is 0. The third-order valence-electron chi connectivity index (χ3n) is 2.61. The molecule has 3 aromatic rings. The first-order chi connectivity index (χ1) is 9.26. The van der Waals surface area contributed by atoms with Crippen molar-refractivity contribution in [3.63, 3.8) is 0 Å². The highest BCUT2D eigenvalue weighted by Gasteiger charge is 2.09. The molecule has 0 aliphatic heterocycles. The Kier molecular flexibility index (Phi) is 2.86. The van der Waals surface area contributed by atoms with E-state index in [0.717, 1.165) is 16.0 Å². The molecule has 0 bridgehead atoms. The number of nitrogens with zero attached hydrogens (tertiary/aromatic N) is 2. The number of oxazole rings is 1. The Balaban J connectivity index is 1.98. The summed E-state index contributed by atoms with van der Waals surface area (Å²) >= 11 is 1.32. The highest BCUT2D eigenvalue weighted by atomic mass is 32.2. The van der Waals surface area contributed by atoms with Crippen LogP contribution in [0.1, 0.15) is 5.56 Å². The first-order valence-corrected chi connectivity index (χ1v) is 6.41. The molecule has 2 aromatic carbocycles. The first-order valence-electron chi connectivity index (χ1n) is 5.59. The van der Waals surface area contributed by atoms with Crippen molar-refractivity contribution in [2.24, 2.45) is 0 Å². The maximum Gasteiger partial charge on any atom is 0.261 e. The van der Waals surface area contributed by atoms with Crippen LogP contribution < -0.4 is 5.73 Å². The Morgan fingerprint density at radius 1 is 1.21 bits per heavy atom. The van der Waals surface area contributed by atoms with Crippen molar-refractivity contribution in [1.82, 2.24) is 4.98 Å². The van der Waals surface area contributed by atoms with Gasteiger partial charge in [-0.2, -0.15) is 5.26 Å². The number of fused-ring (bicyclic) bond motifs is 1. The molecule has 0 aliphatic carbocycles. The molecule has 19 heavy (non-hydrogen) atoms. The quantitative estimate of drug-likeness (QED) is 0.720. The van der Waals surface area contributed by atoms with E-state index in [4.69, 9.17) is 15.4 Å². The van der Waals surface area contributed by atoms with E-state index in [1.54, 1.807) is 18.2 Å². The molecule has 1 heterocycles. The van der Waals surface area contributed by atoms with Crippen molar-refractivity contribution in [1.29, 1.82) is 5.26 Å². The maximum absolute atomic E-state index is 8.89. The molecular formula is C14H9N3OS. The van der Waals surface area contributed by atoms with Crippen LogP contribution in [0.2, 0.25) is 0 Å². The van der Waals surface area contributed by atoms with E-state index in [-0.39, 0.29) is 0 Å². The zero-order valence-corrected chi connectivity index (χ0v) is 10.6. The molecule has 0 fully saturated rings. The smallest absolute Gasteiger partial charge is 0.261 e. The van der Waals surface area contributed by atoms with Gasteiger partial charge in [-0.3, -0.25) is 0 Å². The summed E-state index contributed by atoms with van der Waals surface area (Å²) in [5.74, 6) is 0. The van der Waals surface area contributed by atoms with Crippen LogP contribution in [0.25, 0.3) is 11.1 Å². The lowest BCUT2D eigenvalue weighted by Crippen LogP contribution is -1.89. The molecule has 0 amide bonds. The van der Waals surface area contributed by atoms with E-state index in [9.17, 15) is 0 Å². The number of nitrogen functional groups attached to an aromatic ring is 1. The summed E-state index contributed by atoms with van der Waals surface area (Å²) in [6.45, 7) is 0. The summed E-state index contributed by atoms with van der Waals surface area (Å²) in [6, 6.07) is 14.8. The lowest BCUT2D eigenvalue weighted by Gasteiger charge is -2.02. The molecule has 1 aromatic heterocycles. The minimum atomic E-state index is 0.517. The standard InChI is InChI=1S/C14H9N3OS/c15-8-9-5-6-10(16)13(7-9)19-14-17-11-3-1-2-4-12(11)18-14/h1-7H,16H2. The zero-order valence-electron chi connectivity index (χ0n) is 9.83. The van der Waals surface area contributed by atoms with Gasteiger partial charge in [0.05, 0.1) is 11.6 Å². The molecule has 0 radical (unpaired) electrons. The zero-order chi connectivity index (χ0) is 13.2. The van der Waals surface area contributed by atoms with Gasteiger partial charge < -0.3 is 10.2 Å². The third kappa shape index (κ3) is 2.26. The van der Waals surface area contributed by atoms with Crippen LogP contribution in [0.15, 0.2) is 57.0 Å². The largest absolute Gasteiger partial charge is 0.431 e. The van der Waals surface area contributed by atoms with Crippen molar-refractivity contribution in [3.8, 4) is 6.07 Å². The summed E-state index contributed by atoms with van der Waals surface area (Å²) in [5, 5.41) is 9.41. The molecule has 0 saturated heterocycles. The van der Waals surface area contributed by atoms with E-state index in [1.165, 1.54) is 11.8 Å². The minimum absolute atomic E-state index is 0.517. The molecule has 0 aliphatic rings. The second-order valence-corrected chi connectivity index (χ2v) is 4.91. The maximum atomic E-state index is 8.89. The third-order valence-corrected chi connectivity index (χ3v) is 3.54. The number of hydrogen-bond acceptors (Lipinski definition) is 5. The van der Waals surface area contributed by atoms with Crippen molar-refractivity contribution in [2.75, 3.05) is 5.73 Å². The number of rotatable bonds is 2. The SMILES string of the molecule is N#Cc1ccc(N)c(Sc2nc3ccccc3o2)c1. The summed E-state index contributed by atoms with van der Waals surface area (Å²) in [5.41, 5.74) is 8.59. The van der Waals surface area contributed by atoms with Crippen LogP contribution in [0.4, 0.5) is 5.69 Å². The van der Waals surface area contributed by atoms with E-state index >= 15 is 0 Å². The first kappa shape index (κ1) is 11.6. The number of benzene rings is 2. The highest BCUT2D eigenvalue weighted by molar-refractivity contribution is 7.99. The van der Waals surface area contributed by atoms with Crippen LogP contribution in [-0.4, -0.2) is 4.98 Å². The topological polar surface area (TPSA) is 75.8 Å². The molecule has 4 nitrogen and oxygen atoms in total. The van der Waals surface area contributed by atoms with Crippen molar-refractivity contribution in [3.05, 3.63) is 48.0 Å².